The summed E-state index contributed by atoms with van der Waals surface area (Å²) in [7, 11) is -3.93. The first kappa shape index (κ1) is 22.0. The van der Waals surface area contributed by atoms with Gasteiger partial charge in [-0.1, -0.05) is 29.4 Å². The fraction of sp³-hybridized carbons (Fsp3) is 0.190. The lowest BCUT2D eigenvalue weighted by molar-refractivity contribution is -0.119. The van der Waals surface area contributed by atoms with Crippen molar-refractivity contribution in [2.75, 3.05) is 22.8 Å². The standard InChI is InChI=1S/C21H21N3O6S/c1-3-24(17-7-5-4-6-8-17)31(27,28)18-13-16(10-9-15(18)2)21(26)29-14-20(25)22-19-11-12-30-23-19/h4-13H,3,14H2,1-2H3,(H,22,23,25). The third-order valence-corrected chi connectivity index (χ3v) is 6.41. The lowest BCUT2D eigenvalue weighted by Gasteiger charge is -2.24. The Morgan fingerprint density at radius 1 is 1.13 bits per heavy atom. The number of rotatable bonds is 8. The van der Waals surface area contributed by atoms with E-state index in [0.29, 0.717) is 11.3 Å². The van der Waals surface area contributed by atoms with E-state index in [1.807, 2.05) is 0 Å². The zero-order valence-corrected chi connectivity index (χ0v) is 17.8. The van der Waals surface area contributed by atoms with Crippen molar-refractivity contribution >= 4 is 33.4 Å². The van der Waals surface area contributed by atoms with E-state index in [-0.39, 0.29) is 22.8 Å². The number of carbonyl (C=O) groups excluding carboxylic acids is 2. The summed E-state index contributed by atoms with van der Waals surface area (Å²) in [6, 6.07) is 14.4. The molecule has 31 heavy (non-hydrogen) atoms. The second-order valence-electron chi connectivity index (χ2n) is 6.49. The summed E-state index contributed by atoms with van der Waals surface area (Å²) >= 11 is 0. The molecular weight excluding hydrogens is 422 g/mol. The fourth-order valence-corrected chi connectivity index (χ4v) is 4.61. The summed E-state index contributed by atoms with van der Waals surface area (Å²) in [5, 5.41) is 5.91. The minimum atomic E-state index is -3.93. The maximum atomic E-state index is 13.3. The maximum Gasteiger partial charge on any atom is 0.338 e. The molecule has 1 heterocycles. The number of esters is 1. The largest absolute Gasteiger partial charge is 0.452 e. The average Bonchev–Trinajstić information content (AvgIpc) is 3.26. The predicted molar refractivity (Wildman–Crippen MR) is 113 cm³/mol. The molecule has 10 heteroatoms. The highest BCUT2D eigenvalue weighted by Crippen LogP contribution is 2.26. The Balaban J connectivity index is 1.79. The number of amides is 1. The van der Waals surface area contributed by atoms with Crippen LogP contribution in [0.2, 0.25) is 0 Å². The van der Waals surface area contributed by atoms with Crippen LogP contribution < -0.4 is 9.62 Å². The summed E-state index contributed by atoms with van der Waals surface area (Å²) in [5.41, 5.74) is 1.01. The summed E-state index contributed by atoms with van der Waals surface area (Å²) < 4.78 is 37.4. The number of sulfonamides is 1. The highest BCUT2D eigenvalue weighted by Gasteiger charge is 2.26. The van der Waals surface area contributed by atoms with Crippen molar-refractivity contribution in [2.45, 2.75) is 18.7 Å². The van der Waals surface area contributed by atoms with Crippen LogP contribution in [-0.2, 0) is 19.6 Å². The first-order valence-corrected chi connectivity index (χ1v) is 10.8. The number of aromatic nitrogens is 1. The van der Waals surface area contributed by atoms with Crippen molar-refractivity contribution in [1.82, 2.24) is 5.16 Å². The van der Waals surface area contributed by atoms with E-state index in [1.54, 1.807) is 44.2 Å². The van der Waals surface area contributed by atoms with Gasteiger partial charge in [0.25, 0.3) is 15.9 Å². The van der Waals surface area contributed by atoms with Gasteiger partial charge in [0.2, 0.25) is 0 Å². The van der Waals surface area contributed by atoms with Crippen molar-refractivity contribution < 1.29 is 27.3 Å². The molecular formula is C21H21N3O6S. The highest BCUT2D eigenvalue weighted by atomic mass is 32.2. The number of hydrogen-bond acceptors (Lipinski definition) is 7. The number of nitrogens with one attached hydrogen (secondary N) is 1. The molecule has 0 spiro atoms. The fourth-order valence-electron chi connectivity index (χ4n) is 2.88. The van der Waals surface area contributed by atoms with Crippen molar-refractivity contribution in [2.24, 2.45) is 0 Å². The second kappa shape index (κ2) is 9.43. The van der Waals surface area contributed by atoms with Crippen molar-refractivity contribution in [3.8, 4) is 0 Å². The number of ether oxygens (including phenoxy) is 1. The molecule has 9 nitrogen and oxygen atoms in total. The Labute approximate surface area is 179 Å². The van der Waals surface area contributed by atoms with Gasteiger partial charge in [0.05, 0.1) is 16.1 Å². The minimum absolute atomic E-state index is 0.0142. The van der Waals surface area contributed by atoms with Crippen LogP contribution in [0.3, 0.4) is 0 Å². The van der Waals surface area contributed by atoms with Crippen molar-refractivity contribution in [3.63, 3.8) is 0 Å². The SMILES string of the molecule is CCN(c1ccccc1)S(=O)(=O)c1cc(C(=O)OCC(=O)Nc2ccon2)ccc1C. The van der Waals surface area contributed by atoms with Gasteiger partial charge < -0.3 is 14.6 Å². The van der Waals surface area contributed by atoms with E-state index >= 15 is 0 Å². The van der Waals surface area contributed by atoms with Gasteiger partial charge in [-0.2, -0.15) is 0 Å². The zero-order chi connectivity index (χ0) is 22.4. The first-order valence-electron chi connectivity index (χ1n) is 9.38. The zero-order valence-electron chi connectivity index (χ0n) is 16.9. The molecule has 0 aliphatic carbocycles. The normalized spacial score (nSPS) is 11.0. The summed E-state index contributed by atoms with van der Waals surface area (Å²) in [6.07, 6.45) is 1.28. The minimum Gasteiger partial charge on any atom is -0.452 e. The van der Waals surface area contributed by atoms with E-state index in [4.69, 9.17) is 4.74 Å². The Kier molecular flexibility index (Phi) is 6.71. The molecule has 0 aliphatic heterocycles. The molecule has 0 atom stereocenters. The number of hydrogen-bond donors (Lipinski definition) is 1. The molecule has 3 aromatic rings. The number of carbonyl (C=O) groups is 2. The number of nitrogens with zero attached hydrogens (tertiary/aromatic N) is 2. The van der Waals surface area contributed by atoms with Gasteiger partial charge in [-0.3, -0.25) is 9.10 Å². The average molecular weight is 443 g/mol. The van der Waals surface area contributed by atoms with Crippen LogP contribution in [-0.4, -0.2) is 38.6 Å². The van der Waals surface area contributed by atoms with Gasteiger partial charge >= 0.3 is 5.97 Å². The number of para-hydroxylation sites is 1. The monoisotopic (exact) mass is 443 g/mol. The molecule has 3 rings (SSSR count). The van der Waals surface area contributed by atoms with E-state index in [9.17, 15) is 18.0 Å². The Hall–Kier alpha value is -3.66. The molecule has 162 valence electrons. The molecule has 0 aliphatic rings. The van der Waals surface area contributed by atoms with Gasteiger partial charge in [-0.05, 0) is 43.7 Å². The van der Waals surface area contributed by atoms with Crippen molar-refractivity contribution in [1.29, 1.82) is 0 Å². The summed E-state index contributed by atoms with van der Waals surface area (Å²) in [5.74, 6) is -1.25. The molecule has 0 bridgehead atoms. The molecule has 0 radical (unpaired) electrons. The summed E-state index contributed by atoms with van der Waals surface area (Å²) in [6.45, 7) is 3.02. The van der Waals surface area contributed by atoms with E-state index in [0.717, 1.165) is 0 Å². The van der Waals surface area contributed by atoms with Gasteiger partial charge in [0.15, 0.2) is 12.4 Å². The first-order chi connectivity index (χ1) is 14.8. The van der Waals surface area contributed by atoms with E-state index < -0.39 is 28.5 Å². The van der Waals surface area contributed by atoms with Crippen LogP contribution in [0.5, 0.6) is 0 Å². The number of anilines is 2. The second-order valence-corrected chi connectivity index (χ2v) is 8.33. The van der Waals surface area contributed by atoms with Gasteiger partial charge in [0.1, 0.15) is 6.26 Å². The Morgan fingerprint density at radius 2 is 1.87 bits per heavy atom. The van der Waals surface area contributed by atoms with Gasteiger partial charge in [-0.25, -0.2) is 13.2 Å². The molecule has 1 amide bonds. The maximum absolute atomic E-state index is 13.3. The molecule has 1 N–H and O–H groups in total. The van der Waals surface area contributed by atoms with E-state index in [2.05, 4.69) is 15.0 Å². The Bertz CT molecular complexity index is 1160. The quantitative estimate of drug-likeness (QED) is 0.532. The molecule has 2 aromatic carbocycles. The van der Waals surface area contributed by atoms with Gasteiger partial charge in [0, 0.05) is 12.6 Å². The number of aryl methyl sites for hydroxylation is 1. The van der Waals surface area contributed by atoms with Crippen LogP contribution in [0, 0.1) is 6.92 Å². The van der Waals surface area contributed by atoms with Crippen LogP contribution in [0.25, 0.3) is 0 Å². The van der Waals surface area contributed by atoms with Crippen LogP contribution >= 0.6 is 0 Å². The van der Waals surface area contributed by atoms with Crippen molar-refractivity contribution in [3.05, 3.63) is 72.0 Å². The third kappa shape index (κ3) is 5.10. The molecule has 0 saturated heterocycles. The molecule has 0 unspecified atom stereocenters. The topological polar surface area (TPSA) is 119 Å². The molecule has 1 aromatic heterocycles. The third-order valence-electron chi connectivity index (χ3n) is 4.36. The predicted octanol–water partition coefficient (Wildman–Crippen LogP) is 2.99. The van der Waals surface area contributed by atoms with Gasteiger partial charge in [-0.15, -0.1) is 0 Å². The molecule has 0 fully saturated rings. The Morgan fingerprint density at radius 3 is 2.52 bits per heavy atom. The van der Waals surface area contributed by atoms with Crippen LogP contribution in [0.4, 0.5) is 11.5 Å². The smallest absolute Gasteiger partial charge is 0.338 e. The van der Waals surface area contributed by atoms with Crippen LogP contribution in [0.15, 0.2) is 70.3 Å². The van der Waals surface area contributed by atoms with Crippen LogP contribution in [0.1, 0.15) is 22.8 Å². The lowest BCUT2D eigenvalue weighted by Crippen LogP contribution is -2.31. The lowest BCUT2D eigenvalue weighted by atomic mass is 10.1. The number of benzene rings is 2. The van der Waals surface area contributed by atoms with E-state index in [1.165, 1.54) is 34.8 Å². The molecule has 0 saturated carbocycles. The summed E-state index contributed by atoms with van der Waals surface area (Å²) in [4.78, 5) is 24.2. The highest BCUT2D eigenvalue weighted by molar-refractivity contribution is 7.92.